The van der Waals surface area contributed by atoms with Crippen molar-refractivity contribution in [3.8, 4) is 11.5 Å². The second-order valence-electron chi connectivity index (χ2n) is 5.20. The summed E-state index contributed by atoms with van der Waals surface area (Å²) in [7, 11) is 3.57. The fraction of sp³-hybridized carbons (Fsp3) is 0.222. The van der Waals surface area contributed by atoms with Gasteiger partial charge in [0.1, 0.15) is 0 Å². The fourth-order valence-electron chi connectivity index (χ4n) is 2.45. The van der Waals surface area contributed by atoms with Gasteiger partial charge in [-0.15, -0.1) is 0 Å². The molecule has 1 N–H and O–H groups in total. The number of benzene rings is 2. The Morgan fingerprint density at radius 1 is 1.21 bits per heavy atom. The van der Waals surface area contributed by atoms with E-state index in [1.165, 1.54) is 0 Å². The van der Waals surface area contributed by atoms with E-state index in [-0.39, 0.29) is 0 Å². The van der Waals surface area contributed by atoms with E-state index in [1.807, 2.05) is 61.0 Å². The third kappa shape index (κ3) is 3.17. The number of rotatable bonds is 6. The summed E-state index contributed by atoms with van der Waals surface area (Å²) in [6.07, 6.45) is 1.72. The van der Waals surface area contributed by atoms with E-state index in [4.69, 9.17) is 9.47 Å². The number of methoxy groups -OCH3 is 1. The highest BCUT2D eigenvalue weighted by molar-refractivity contribution is 5.82. The summed E-state index contributed by atoms with van der Waals surface area (Å²) in [4.78, 5) is 4.51. The maximum atomic E-state index is 5.51. The molecule has 0 radical (unpaired) electrons. The lowest BCUT2D eigenvalue weighted by Crippen LogP contribution is -1.99. The molecule has 0 aliphatic rings. The van der Waals surface area contributed by atoms with Crippen LogP contribution in [0.5, 0.6) is 11.5 Å². The van der Waals surface area contributed by atoms with Crippen LogP contribution in [-0.4, -0.2) is 29.5 Å². The number of nitrogens with one attached hydrogen (secondary N) is 1. The largest absolute Gasteiger partial charge is 0.493 e. The molecular formula is C18H20N4O2. The van der Waals surface area contributed by atoms with E-state index < -0.39 is 0 Å². The number of hydrogen-bond acceptors (Lipinski definition) is 5. The molecule has 0 unspecified atom stereocenters. The van der Waals surface area contributed by atoms with Gasteiger partial charge in [-0.05, 0) is 42.8 Å². The summed E-state index contributed by atoms with van der Waals surface area (Å²) in [5.74, 6) is 2.09. The summed E-state index contributed by atoms with van der Waals surface area (Å²) < 4.78 is 12.8. The number of aromatic nitrogens is 2. The minimum Gasteiger partial charge on any atom is -0.493 e. The molecule has 6 heteroatoms. The minimum atomic E-state index is 0.595. The average molecular weight is 324 g/mol. The van der Waals surface area contributed by atoms with Gasteiger partial charge >= 0.3 is 0 Å². The summed E-state index contributed by atoms with van der Waals surface area (Å²) in [5.41, 5.74) is 5.87. The van der Waals surface area contributed by atoms with E-state index in [1.54, 1.807) is 13.3 Å². The van der Waals surface area contributed by atoms with Crippen molar-refractivity contribution >= 4 is 23.2 Å². The third-order valence-electron chi connectivity index (χ3n) is 3.65. The van der Waals surface area contributed by atoms with E-state index in [0.717, 1.165) is 22.3 Å². The van der Waals surface area contributed by atoms with Gasteiger partial charge < -0.3 is 14.0 Å². The van der Waals surface area contributed by atoms with Crippen LogP contribution in [0.15, 0.2) is 47.6 Å². The highest BCUT2D eigenvalue weighted by atomic mass is 16.5. The number of fused-ring (bicyclic) bond motifs is 1. The van der Waals surface area contributed by atoms with Crippen LogP contribution >= 0.6 is 0 Å². The van der Waals surface area contributed by atoms with Gasteiger partial charge in [-0.1, -0.05) is 12.1 Å². The van der Waals surface area contributed by atoms with Crippen LogP contribution in [0.4, 0.5) is 5.95 Å². The summed E-state index contributed by atoms with van der Waals surface area (Å²) >= 11 is 0. The van der Waals surface area contributed by atoms with Crippen molar-refractivity contribution in [1.29, 1.82) is 0 Å². The quantitative estimate of drug-likeness (QED) is 0.557. The van der Waals surface area contributed by atoms with Crippen LogP contribution < -0.4 is 14.9 Å². The molecule has 0 atom stereocenters. The molecule has 0 aliphatic heterocycles. The van der Waals surface area contributed by atoms with Crippen molar-refractivity contribution in [2.45, 2.75) is 6.92 Å². The smallest absolute Gasteiger partial charge is 0.224 e. The fourth-order valence-corrected chi connectivity index (χ4v) is 2.45. The lowest BCUT2D eigenvalue weighted by molar-refractivity contribution is 0.311. The van der Waals surface area contributed by atoms with Gasteiger partial charge in [-0.2, -0.15) is 5.10 Å². The third-order valence-corrected chi connectivity index (χ3v) is 3.65. The summed E-state index contributed by atoms with van der Waals surface area (Å²) in [6.45, 7) is 2.54. The molecule has 3 aromatic rings. The Hall–Kier alpha value is -3.02. The van der Waals surface area contributed by atoms with Crippen LogP contribution in [0, 0.1) is 0 Å². The molecular weight excluding hydrogens is 304 g/mol. The average Bonchev–Trinajstić information content (AvgIpc) is 2.93. The van der Waals surface area contributed by atoms with Gasteiger partial charge in [0, 0.05) is 7.05 Å². The number of hydrogen-bond donors (Lipinski definition) is 1. The maximum absolute atomic E-state index is 5.51. The minimum absolute atomic E-state index is 0.595. The van der Waals surface area contributed by atoms with Gasteiger partial charge in [0.05, 0.1) is 31.0 Å². The number of imidazole rings is 1. The van der Waals surface area contributed by atoms with Crippen LogP contribution in [0.25, 0.3) is 11.0 Å². The van der Waals surface area contributed by atoms with Crippen molar-refractivity contribution in [2.75, 3.05) is 19.1 Å². The molecule has 0 amide bonds. The first-order valence-corrected chi connectivity index (χ1v) is 7.74. The molecule has 0 bridgehead atoms. The topological polar surface area (TPSA) is 60.7 Å². The van der Waals surface area contributed by atoms with E-state index in [0.29, 0.717) is 18.3 Å². The van der Waals surface area contributed by atoms with Gasteiger partial charge in [-0.3, -0.25) is 0 Å². The highest BCUT2D eigenvalue weighted by Gasteiger charge is 2.06. The van der Waals surface area contributed by atoms with Crippen LogP contribution in [-0.2, 0) is 7.05 Å². The molecule has 0 fully saturated rings. The van der Waals surface area contributed by atoms with Gasteiger partial charge in [-0.25, -0.2) is 10.4 Å². The number of ether oxygens (including phenoxy) is 2. The second-order valence-corrected chi connectivity index (χ2v) is 5.20. The Bertz CT molecular complexity index is 871. The normalized spacial score (nSPS) is 11.1. The van der Waals surface area contributed by atoms with E-state index in [9.17, 15) is 0 Å². The first kappa shape index (κ1) is 15.9. The Kier molecular flexibility index (Phi) is 4.65. The summed E-state index contributed by atoms with van der Waals surface area (Å²) in [5, 5.41) is 4.26. The molecule has 0 saturated heterocycles. The molecule has 0 spiro atoms. The predicted molar refractivity (Wildman–Crippen MR) is 96.1 cm³/mol. The van der Waals surface area contributed by atoms with E-state index >= 15 is 0 Å². The predicted octanol–water partition coefficient (Wildman–Crippen LogP) is 3.43. The molecule has 0 aliphatic carbocycles. The number of anilines is 1. The monoisotopic (exact) mass is 324 g/mol. The molecule has 6 nitrogen and oxygen atoms in total. The zero-order valence-corrected chi connectivity index (χ0v) is 14.0. The van der Waals surface area contributed by atoms with E-state index in [2.05, 4.69) is 15.5 Å². The van der Waals surface area contributed by atoms with Gasteiger partial charge in [0.15, 0.2) is 11.5 Å². The van der Waals surface area contributed by atoms with Crippen molar-refractivity contribution < 1.29 is 9.47 Å². The zero-order chi connectivity index (χ0) is 16.9. The first-order chi connectivity index (χ1) is 11.7. The number of aryl methyl sites for hydroxylation is 1. The Balaban J connectivity index is 1.77. The van der Waals surface area contributed by atoms with Crippen molar-refractivity contribution in [3.63, 3.8) is 0 Å². The molecule has 2 aromatic carbocycles. The van der Waals surface area contributed by atoms with Crippen LogP contribution in [0.2, 0.25) is 0 Å². The Labute approximate surface area is 140 Å². The maximum Gasteiger partial charge on any atom is 0.224 e. The first-order valence-electron chi connectivity index (χ1n) is 7.74. The number of para-hydroxylation sites is 2. The second kappa shape index (κ2) is 7.04. The van der Waals surface area contributed by atoms with Crippen molar-refractivity contribution in [1.82, 2.24) is 9.55 Å². The SMILES string of the molecule is CCOc1ccc(/C=N\Nc2nc3ccccc3n2C)cc1OC. The van der Waals surface area contributed by atoms with Crippen LogP contribution in [0.1, 0.15) is 12.5 Å². The zero-order valence-electron chi connectivity index (χ0n) is 14.0. The number of hydrazone groups is 1. The molecule has 1 aromatic heterocycles. The molecule has 124 valence electrons. The molecule has 24 heavy (non-hydrogen) atoms. The van der Waals surface area contributed by atoms with Crippen molar-refractivity contribution in [3.05, 3.63) is 48.0 Å². The molecule has 0 saturated carbocycles. The van der Waals surface area contributed by atoms with Crippen LogP contribution in [0.3, 0.4) is 0 Å². The standard InChI is InChI=1S/C18H20N4O2/c1-4-24-16-10-9-13(11-17(16)23-3)12-19-21-18-20-14-7-5-6-8-15(14)22(18)2/h5-12H,4H2,1-3H3,(H,20,21)/b19-12-. The lowest BCUT2D eigenvalue weighted by Gasteiger charge is -2.09. The van der Waals surface area contributed by atoms with Gasteiger partial charge in [0.2, 0.25) is 5.95 Å². The van der Waals surface area contributed by atoms with Gasteiger partial charge in [0.25, 0.3) is 0 Å². The lowest BCUT2D eigenvalue weighted by atomic mass is 10.2. The molecule has 3 rings (SSSR count). The highest BCUT2D eigenvalue weighted by Crippen LogP contribution is 2.27. The summed E-state index contributed by atoms with van der Waals surface area (Å²) in [6, 6.07) is 13.6. The Morgan fingerprint density at radius 3 is 2.79 bits per heavy atom. The Morgan fingerprint density at radius 2 is 2.04 bits per heavy atom. The molecule has 1 heterocycles. The van der Waals surface area contributed by atoms with Crippen molar-refractivity contribution in [2.24, 2.45) is 12.1 Å². The number of nitrogens with zero attached hydrogens (tertiary/aromatic N) is 3.